The topological polar surface area (TPSA) is 44.1 Å². The van der Waals surface area contributed by atoms with Gasteiger partial charge >= 0.3 is 5.97 Å². The Morgan fingerprint density at radius 1 is 1.35 bits per heavy atom. The summed E-state index contributed by atoms with van der Waals surface area (Å²) in [7, 11) is 0. The van der Waals surface area contributed by atoms with Crippen molar-refractivity contribution < 1.29 is 18.3 Å². The van der Waals surface area contributed by atoms with E-state index in [1.54, 1.807) is 13.8 Å². The molecular formula is C14H14F2N2O2. The molecule has 20 heavy (non-hydrogen) atoms. The molecule has 0 aliphatic rings. The van der Waals surface area contributed by atoms with Gasteiger partial charge in [0.2, 0.25) is 0 Å². The second kappa shape index (κ2) is 5.81. The van der Waals surface area contributed by atoms with E-state index in [0.29, 0.717) is 5.69 Å². The predicted molar refractivity (Wildman–Crippen MR) is 68.4 cm³/mol. The molecule has 4 nitrogen and oxygen atoms in total. The van der Waals surface area contributed by atoms with Gasteiger partial charge in [0.15, 0.2) is 5.69 Å². The highest BCUT2D eigenvalue weighted by Gasteiger charge is 2.19. The van der Waals surface area contributed by atoms with Crippen LogP contribution in [-0.4, -0.2) is 22.1 Å². The molecule has 2 aromatic rings. The molecule has 2 rings (SSSR count). The Kier molecular flexibility index (Phi) is 4.12. The summed E-state index contributed by atoms with van der Waals surface area (Å²) in [6.07, 6.45) is 1.37. The third-order valence-corrected chi connectivity index (χ3v) is 2.88. The number of aryl methyl sites for hydroxylation is 1. The SMILES string of the molecule is CCOC(=O)c1c(C)ncn1Cc1c(F)cccc1F. The summed E-state index contributed by atoms with van der Waals surface area (Å²) >= 11 is 0. The van der Waals surface area contributed by atoms with Crippen molar-refractivity contribution in [3.8, 4) is 0 Å². The fraction of sp³-hybridized carbons (Fsp3) is 0.286. The number of aromatic nitrogens is 2. The number of imidazole rings is 1. The Balaban J connectivity index is 2.38. The van der Waals surface area contributed by atoms with E-state index in [1.807, 2.05) is 0 Å². The van der Waals surface area contributed by atoms with Gasteiger partial charge in [-0.3, -0.25) is 0 Å². The first-order chi connectivity index (χ1) is 9.54. The maximum Gasteiger partial charge on any atom is 0.356 e. The van der Waals surface area contributed by atoms with Crippen LogP contribution in [0.1, 0.15) is 28.7 Å². The summed E-state index contributed by atoms with van der Waals surface area (Å²) < 4.78 is 33.6. The quantitative estimate of drug-likeness (QED) is 0.809. The second-order valence-corrected chi connectivity index (χ2v) is 4.23. The molecular weight excluding hydrogens is 266 g/mol. The van der Waals surface area contributed by atoms with Crippen molar-refractivity contribution >= 4 is 5.97 Å². The van der Waals surface area contributed by atoms with Crippen LogP contribution in [0.25, 0.3) is 0 Å². The van der Waals surface area contributed by atoms with E-state index in [1.165, 1.54) is 29.1 Å². The van der Waals surface area contributed by atoms with Gasteiger partial charge in [0.05, 0.1) is 25.2 Å². The van der Waals surface area contributed by atoms with Crippen molar-refractivity contribution in [3.05, 3.63) is 53.1 Å². The van der Waals surface area contributed by atoms with Gasteiger partial charge in [0.1, 0.15) is 11.6 Å². The molecule has 1 heterocycles. The zero-order valence-electron chi connectivity index (χ0n) is 11.2. The van der Waals surface area contributed by atoms with Crippen molar-refractivity contribution in [2.24, 2.45) is 0 Å². The maximum atomic E-state index is 13.6. The van der Waals surface area contributed by atoms with Crippen molar-refractivity contribution in [1.29, 1.82) is 0 Å². The van der Waals surface area contributed by atoms with Gasteiger partial charge < -0.3 is 9.30 Å². The molecule has 0 saturated carbocycles. The summed E-state index contributed by atoms with van der Waals surface area (Å²) in [5.41, 5.74) is 0.546. The van der Waals surface area contributed by atoms with Crippen LogP contribution in [0.4, 0.5) is 8.78 Å². The molecule has 0 radical (unpaired) electrons. The van der Waals surface area contributed by atoms with E-state index in [2.05, 4.69) is 4.98 Å². The first kappa shape index (κ1) is 14.2. The summed E-state index contributed by atoms with van der Waals surface area (Å²) in [6.45, 7) is 3.43. The number of hydrogen-bond acceptors (Lipinski definition) is 3. The van der Waals surface area contributed by atoms with Crippen LogP contribution in [0.15, 0.2) is 24.5 Å². The van der Waals surface area contributed by atoms with Gasteiger partial charge in [0.25, 0.3) is 0 Å². The number of esters is 1. The molecule has 1 aromatic carbocycles. The fourth-order valence-corrected chi connectivity index (χ4v) is 1.92. The second-order valence-electron chi connectivity index (χ2n) is 4.23. The zero-order valence-corrected chi connectivity index (χ0v) is 11.2. The first-order valence-corrected chi connectivity index (χ1v) is 6.16. The molecule has 1 aromatic heterocycles. The Bertz CT molecular complexity index is 618. The van der Waals surface area contributed by atoms with Gasteiger partial charge in [-0.2, -0.15) is 0 Å². The van der Waals surface area contributed by atoms with Crippen LogP contribution >= 0.6 is 0 Å². The van der Waals surface area contributed by atoms with Gasteiger partial charge in [-0.25, -0.2) is 18.6 Å². The standard InChI is InChI=1S/C14H14F2N2O2/c1-3-20-14(19)13-9(2)17-8-18(13)7-10-11(15)5-4-6-12(10)16/h4-6,8H,3,7H2,1-2H3. The monoisotopic (exact) mass is 280 g/mol. The molecule has 0 atom stereocenters. The number of benzene rings is 1. The third kappa shape index (κ3) is 2.68. The number of ether oxygens (including phenoxy) is 1. The summed E-state index contributed by atoms with van der Waals surface area (Å²) in [6, 6.07) is 3.64. The van der Waals surface area contributed by atoms with Crippen molar-refractivity contribution in [2.45, 2.75) is 20.4 Å². The van der Waals surface area contributed by atoms with E-state index < -0.39 is 17.6 Å². The van der Waals surface area contributed by atoms with Crippen LogP contribution in [0, 0.1) is 18.6 Å². The van der Waals surface area contributed by atoms with E-state index in [0.717, 1.165) is 0 Å². The molecule has 0 aliphatic heterocycles. The molecule has 6 heteroatoms. The molecule has 0 fully saturated rings. The van der Waals surface area contributed by atoms with Crippen molar-refractivity contribution in [2.75, 3.05) is 6.61 Å². The first-order valence-electron chi connectivity index (χ1n) is 6.16. The molecule has 0 aliphatic carbocycles. The van der Waals surface area contributed by atoms with E-state index in [-0.39, 0.29) is 24.4 Å². The summed E-state index contributed by atoms with van der Waals surface area (Å²) in [4.78, 5) is 15.8. The van der Waals surface area contributed by atoms with Crippen LogP contribution in [-0.2, 0) is 11.3 Å². The highest BCUT2D eigenvalue weighted by Crippen LogP contribution is 2.16. The average Bonchev–Trinajstić information content (AvgIpc) is 2.75. The molecule has 0 amide bonds. The fourth-order valence-electron chi connectivity index (χ4n) is 1.92. The summed E-state index contributed by atoms with van der Waals surface area (Å²) in [5, 5.41) is 0. The summed E-state index contributed by atoms with van der Waals surface area (Å²) in [5.74, 6) is -1.88. The highest BCUT2D eigenvalue weighted by molar-refractivity contribution is 5.88. The lowest BCUT2D eigenvalue weighted by Crippen LogP contribution is -2.15. The average molecular weight is 280 g/mol. The van der Waals surface area contributed by atoms with Crippen LogP contribution in [0.5, 0.6) is 0 Å². The molecule has 106 valence electrons. The lowest BCUT2D eigenvalue weighted by atomic mass is 10.2. The van der Waals surface area contributed by atoms with Crippen molar-refractivity contribution in [1.82, 2.24) is 9.55 Å². The lowest BCUT2D eigenvalue weighted by Gasteiger charge is -2.10. The number of rotatable bonds is 4. The predicted octanol–water partition coefficient (Wildman–Crippen LogP) is 2.69. The van der Waals surface area contributed by atoms with Gasteiger partial charge in [0, 0.05) is 5.56 Å². The van der Waals surface area contributed by atoms with E-state index in [4.69, 9.17) is 4.74 Å². The highest BCUT2D eigenvalue weighted by atomic mass is 19.1. The maximum absolute atomic E-state index is 13.6. The van der Waals surface area contributed by atoms with E-state index in [9.17, 15) is 13.6 Å². The third-order valence-electron chi connectivity index (χ3n) is 2.88. The Morgan fingerprint density at radius 2 is 2.00 bits per heavy atom. The smallest absolute Gasteiger partial charge is 0.356 e. The number of carbonyl (C=O) groups is 1. The largest absolute Gasteiger partial charge is 0.461 e. The van der Waals surface area contributed by atoms with Gasteiger partial charge in [-0.1, -0.05) is 6.07 Å². The Hall–Kier alpha value is -2.24. The Morgan fingerprint density at radius 3 is 2.60 bits per heavy atom. The minimum atomic E-state index is -0.661. The van der Waals surface area contributed by atoms with Crippen LogP contribution in [0.2, 0.25) is 0 Å². The van der Waals surface area contributed by atoms with Gasteiger partial charge in [-0.05, 0) is 26.0 Å². The molecule has 0 saturated heterocycles. The minimum Gasteiger partial charge on any atom is -0.461 e. The molecule has 0 bridgehead atoms. The Labute approximate surface area is 115 Å². The number of hydrogen-bond donors (Lipinski definition) is 0. The number of nitrogens with zero attached hydrogens (tertiary/aromatic N) is 2. The number of carbonyl (C=O) groups excluding carboxylic acids is 1. The lowest BCUT2D eigenvalue weighted by molar-refractivity contribution is 0.0513. The van der Waals surface area contributed by atoms with E-state index >= 15 is 0 Å². The number of halogens is 2. The minimum absolute atomic E-state index is 0.115. The van der Waals surface area contributed by atoms with Crippen LogP contribution < -0.4 is 0 Å². The van der Waals surface area contributed by atoms with Crippen molar-refractivity contribution in [3.63, 3.8) is 0 Å². The zero-order chi connectivity index (χ0) is 14.7. The van der Waals surface area contributed by atoms with Crippen LogP contribution in [0.3, 0.4) is 0 Å². The molecule has 0 N–H and O–H groups in total. The molecule has 0 unspecified atom stereocenters. The molecule has 0 spiro atoms. The van der Waals surface area contributed by atoms with Gasteiger partial charge in [-0.15, -0.1) is 0 Å². The normalized spacial score (nSPS) is 10.6.